The summed E-state index contributed by atoms with van der Waals surface area (Å²) in [6.45, 7) is 6.04. The molecule has 6 nitrogen and oxygen atoms in total. The third-order valence-electron chi connectivity index (χ3n) is 3.96. The quantitative estimate of drug-likeness (QED) is 0.526. The third-order valence-corrected chi connectivity index (χ3v) is 5.37. The molecule has 0 radical (unpaired) electrons. The standard InChI is InChI=1S/C19H21BrN4O2S/c1-11(2)18-22-16(26-24-18)6-4-5-15(25)21-19-23-17(12(3)27-19)13-7-9-14(20)10-8-13/h7-11H,4-6H2,1-3H3,(H,21,23,25). The molecule has 0 unspecified atom stereocenters. The van der Waals surface area contributed by atoms with E-state index in [2.05, 4.69) is 36.4 Å². The Morgan fingerprint density at radius 2 is 2.00 bits per heavy atom. The Labute approximate surface area is 170 Å². The number of anilines is 1. The molecule has 1 aromatic carbocycles. The van der Waals surface area contributed by atoms with Gasteiger partial charge in [-0.1, -0.05) is 47.1 Å². The first-order chi connectivity index (χ1) is 12.9. The molecule has 8 heteroatoms. The number of aromatic nitrogens is 3. The van der Waals surface area contributed by atoms with Gasteiger partial charge in [0.1, 0.15) is 0 Å². The minimum atomic E-state index is -0.0605. The molecule has 2 aromatic heterocycles. The molecule has 3 aromatic rings. The molecule has 27 heavy (non-hydrogen) atoms. The van der Waals surface area contributed by atoms with Gasteiger partial charge < -0.3 is 9.84 Å². The fraction of sp³-hybridized carbons (Fsp3) is 0.368. The largest absolute Gasteiger partial charge is 0.339 e. The summed E-state index contributed by atoms with van der Waals surface area (Å²) in [5, 5.41) is 7.44. The molecule has 0 atom stereocenters. The summed E-state index contributed by atoms with van der Waals surface area (Å²) >= 11 is 4.92. The van der Waals surface area contributed by atoms with Crippen molar-refractivity contribution in [1.29, 1.82) is 0 Å². The molecule has 0 aliphatic rings. The van der Waals surface area contributed by atoms with Crippen LogP contribution >= 0.6 is 27.3 Å². The molecule has 0 spiro atoms. The first-order valence-corrected chi connectivity index (χ1v) is 10.4. The summed E-state index contributed by atoms with van der Waals surface area (Å²) in [5.41, 5.74) is 1.93. The van der Waals surface area contributed by atoms with Crippen molar-refractivity contribution in [2.75, 3.05) is 5.32 Å². The van der Waals surface area contributed by atoms with Gasteiger partial charge in [-0.05, 0) is 25.5 Å². The molecule has 3 rings (SSSR count). The minimum absolute atomic E-state index is 0.0605. The molecule has 0 bridgehead atoms. The van der Waals surface area contributed by atoms with Crippen LogP contribution in [0.5, 0.6) is 0 Å². The number of halogens is 1. The lowest BCUT2D eigenvalue weighted by Crippen LogP contribution is -2.11. The highest BCUT2D eigenvalue weighted by atomic mass is 79.9. The van der Waals surface area contributed by atoms with E-state index < -0.39 is 0 Å². The second-order valence-electron chi connectivity index (χ2n) is 6.53. The molecular formula is C19H21BrN4O2S. The number of nitrogens with one attached hydrogen (secondary N) is 1. The van der Waals surface area contributed by atoms with Crippen LogP contribution in [0.25, 0.3) is 11.3 Å². The number of aryl methyl sites for hydroxylation is 2. The smallest absolute Gasteiger partial charge is 0.226 e. The number of nitrogens with zero attached hydrogens (tertiary/aromatic N) is 3. The van der Waals surface area contributed by atoms with E-state index in [4.69, 9.17) is 4.52 Å². The number of hydrogen-bond acceptors (Lipinski definition) is 6. The van der Waals surface area contributed by atoms with Crippen LogP contribution in [0.1, 0.15) is 49.2 Å². The Morgan fingerprint density at radius 3 is 2.67 bits per heavy atom. The first-order valence-electron chi connectivity index (χ1n) is 8.78. The second-order valence-corrected chi connectivity index (χ2v) is 8.65. The van der Waals surface area contributed by atoms with Crippen molar-refractivity contribution in [2.45, 2.75) is 46.0 Å². The summed E-state index contributed by atoms with van der Waals surface area (Å²) < 4.78 is 6.22. The maximum Gasteiger partial charge on any atom is 0.226 e. The van der Waals surface area contributed by atoms with Gasteiger partial charge in [0.2, 0.25) is 11.8 Å². The maximum atomic E-state index is 12.2. The topological polar surface area (TPSA) is 80.9 Å². The van der Waals surface area contributed by atoms with Gasteiger partial charge in [0.25, 0.3) is 0 Å². The van der Waals surface area contributed by atoms with Crippen LogP contribution in [0, 0.1) is 6.92 Å². The maximum absolute atomic E-state index is 12.2. The Bertz CT molecular complexity index is 918. The van der Waals surface area contributed by atoms with Crippen LogP contribution in [0.15, 0.2) is 33.3 Å². The van der Waals surface area contributed by atoms with E-state index in [1.54, 1.807) is 0 Å². The lowest BCUT2D eigenvalue weighted by molar-refractivity contribution is -0.116. The van der Waals surface area contributed by atoms with E-state index >= 15 is 0 Å². The van der Waals surface area contributed by atoms with Gasteiger partial charge in [-0.25, -0.2) is 4.98 Å². The Kier molecular flexibility index (Phi) is 6.38. The normalized spacial score (nSPS) is 11.1. The number of thiazole rings is 1. The molecule has 0 saturated heterocycles. The van der Waals surface area contributed by atoms with Crippen molar-refractivity contribution in [3.8, 4) is 11.3 Å². The van der Waals surface area contributed by atoms with Crippen LogP contribution in [-0.2, 0) is 11.2 Å². The zero-order valence-corrected chi connectivity index (χ0v) is 17.9. The molecule has 2 heterocycles. The molecule has 142 valence electrons. The minimum Gasteiger partial charge on any atom is -0.339 e. The predicted molar refractivity (Wildman–Crippen MR) is 110 cm³/mol. The monoisotopic (exact) mass is 448 g/mol. The van der Waals surface area contributed by atoms with E-state index in [1.165, 1.54) is 11.3 Å². The summed E-state index contributed by atoms with van der Waals surface area (Å²) in [4.78, 5) is 22.2. The molecule has 1 amide bonds. The lowest BCUT2D eigenvalue weighted by Gasteiger charge is -2.00. The average molecular weight is 449 g/mol. The zero-order chi connectivity index (χ0) is 19.4. The summed E-state index contributed by atoms with van der Waals surface area (Å²) in [5.74, 6) is 1.45. The predicted octanol–water partition coefficient (Wildman–Crippen LogP) is 5.35. The summed E-state index contributed by atoms with van der Waals surface area (Å²) in [6, 6.07) is 7.98. The van der Waals surface area contributed by atoms with E-state index in [1.807, 2.05) is 45.0 Å². The van der Waals surface area contributed by atoms with E-state index in [-0.39, 0.29) is 11.8 Å². The van der Waals surface area contributed by atoms with Crippen molar-refractivity contribution < 1.29 is 9.32 Å². The van der Waals surface area contributed by atoms with Gasteiger partial charge in [-0.2, -0.15) is 4.98 Å². The van der Waals surface area contributed by atoms with Crippen molar-refractivity contribution in [3.05, 3.63) is 45.3 Å². The van der Waals surface area contributed by atoms with E-state index in [0.29, 0.717) is 36.1 Å². The fourth-order valence-electron chi connectivity index (χ4n) is 2.51. The third kappa shape index (κ3) is 5.23. The molecular weight excluding hydrogens is 428 g/mol. The van der Waals surface area contributed by atoms with Gasteiger partial charge >= 0.3 is 0 Å². The molecule has 0 fully saturated rings. The SMILES string of the molecule is Cc1sc(NC(=O)CCCc2nc(C(C)C)no2)nc1-c1ccc(Br)cc1. The van der Waals surface area contributed by atoms with E-state index in [9.17, 15) is 4.79 Å². The summed E-state index contributed by atoms with van der Waals surface area (Å²) in [6.07, 6.45) is 1.62. The Hall–Kier alpha value is -2.06. The average Bonchev–Trinajstić information content (AvgIpc) is 3.23. The van der Waals surface area contributed by atoms with Crippen LogP contribution < -0.4 is 5.32 Å². The molecule has 0 saturated carbocycles. The van der Waals surface area contributed by atoms with E-state index in [0.717, 1.165) is 20.6 Å². The lowest BCUT2D eigenvalue weighted by atomic mass is 10.1. The van der Waals surface area contributed by atoms with Crippen molar-refractivity contribution in [1.82, 2.24) is 15.1 Å². The second kappa shape index (κ2) is 8.75. The number of carbonyl (C=O) groups excluding carboxylic acids is 1. The van der Waals surface area contributed by atoms with Gasteiger partial charge in [0, 0.05) is 33.7 Å². The Morgan fingerprint density at radius 1 is 1.26 bits per heavy atom. The molecule has 0 aliphatic heterocycles. The van der Waals surface area contributed by atoms with Crippen LogP contribution in [0.4, 0.5) is 5.13 Å². The van der Waals surface area contributed by atoms with Gasteiger partial charge in [-0.3, -0.25) is 4.79 Å². The number of carbonyl (C=O) groups is 1. The Balaban J connectivity index is 1.53. The van der Waals surface area contributed by atoms with Gasteiger partial charge in [-0.15, -0.1) is 11.3 Å². The van der Waals surface area contributed by atoms with Crippen molar-refractivity contribution in [3.63, 3.8) is 0 Å². The van der Waals surface area contributed by atoms with Crippen LogP contribution in [0.3, 0.4) is 0 Å². The zero-order valence-electron chi connectivity index (χ0n) is 15.5. The number of rotatable bonds is 7. The highest BCUT2D eigenvalue weighted by Crippen LogP contribution is 2.31. The summed E-state index contributed by atoms with van der Waals surface area (Å²) in [7, 11) is 0. The number of amides is 1. The molecule has 1 N–H and O–H groups in total. The van der Waals surface area contributed by atoms with Gasteiger partial charge in [0.05, 0.1) is 5.69 Å². The fourth-order valence-corrected chi connectivity index (χ4v) is 3.63. The highest BCUT2D eigenvalue weighted by Gasteiger charge is 2.13. The first kappa shape index (κ1) is 19.7. The van der Waals surface area contributed by atoms with Crippen molar-refractivity contribution >= 4 is 38.3 Å². The van der Waals surface area contributed by atoms with Gasteiger partial charge in [0.15, 0.2) is 11.0 Å². The number of hydrogen-bond donors (Lipinski definition) is 1. The molecule has 0 aliphatic carbocycles. The number of benzene rings is 1. The highest BCUT2D eigenvalue weighted by molar-refractivity contribution is 9.10. The van der Waals surface area contributed by atoms with Crippen LogP contribution in [-0.4, -0.2) is 21.0 Å². The van der Waals surface area contributed by atoms with Crippen molar-refractivity contribution in [2.24, 2.45) is 0 Å². The van der Waals surface area contributed by atoms with Crippen LogP contribution in [0.2, 0.25) is 0 Å².